The van der Waals surface area contributed by atoms with Crippen molar-refractivity contribution in [1.82, 2.24) is 0 Å². The lowest BCUT2D eigenvalue weighted by Gasteiger charge is -2.20. The maximum absolute atomic E-state index is 12.9. The number of nitrogens with one attached hydrogen (secondary N) is 1. The second-order valence-corrected chi connectivity index (χ2v) is 7.26. The van der Waals surface area contributed by atoms with E-state index in [1.807, 2.05) is 37.4 Å². The number of nitrogens with zero attached hydrogens (tertiary/aromatic N) is 1. The van der Waals surface area contributed by atoms with Crippen molar-refractivity contribution in [3.8, 4) is 5.75 Å². The van der Waals surface area contributed by atoms with Gasteiger partial charge in [-0.1, -0.05) is 17.7 Å². The van der Waals surface area contributed by atoms with Gasteiger partial charge in [0.15, 0.2) is 0 Å². The molecule has 7 heteroatoms. The summed E-state index contributed by atoms with van der Waals surface area (Å²) in [6, 6.07) is 10.5. The largest absolute Gasteiger partial charge is 0.495 e. The number of anilines is 2. The van der Waals surface area contributed by atoms with Crippen molar-refractivity contribution in [2.75, 3.05) is 23.6 Å². The molecule has 0 bridgehead atoms. The Morgan fingerprint density at radius 1 is 1.27 bits per heavy atom. The molecule has 1 aliphatic rings. The SMILES string of the molecule is COc1cc(Cl)c(C)cc1N1C(=O)C[C@H](Nc2cccc(SC)c2)C1=O. The van der Waals surface area contributed by atoms with Gasteiger partial charge >= 0.3 is 0 Å². The minimum atomic E-state index is -0.611. The lowest BCUT2D eigenvalue weighted by molar-refractivity contribution is -0.121. The van der Waals surface area contributed by atoms with Crippen LogP contribution in [0.15, 0.2) is 41.3 Å². The Morgan fingerprint density at radius 2 is 2.04 bits per heavy atom. The van der Waals surface area contributed by atoms with E-state index in [9.17, 15) is 9.59 Å². The number of hydrogen-bond acceptors (Lipinski definition) is 5. The van der Waals surface area contributed by atoms with E-state index in [-0.39, 0.29) is 18.2 Å². The van der Waals surface area contributed by atoms with Gasteiger partial charge in [-0.25, -0.2) is 4.90 Å². The number of imide groups is 1. The Bertz CT molecular complexity index is 872. The van der Waals surface area contributed by atoms with Crippen LogP contribution in [0.4, 0.5) is 11.4 Å². The summed E-state index contributed by atoms with van der Waals surface area (Å²) < 4.78 is 5.32. The Hall–Kier alpha value is -2.18. The molecular formula is C19H19ClN2O3S. The lowest BCUT2D eigenvalue weighted by Crippen LogP contribution is -2.35. The average molecular weight is 391 g/mol. The second kappa shape index (κ2) is 7.60. The van der Waals surface area contributed by atoms with Crippen molar-refractivity contribution in [2.45, 2.75) is 24.3 Å². The molecule has 0 radical (unpaired) electrons. The Kier molecular flexibility index (Phi) is 5.44. The molecule has 136 valence electrons. The Morgan fingerprint density at radius 3 is 2.73 bits per heavy atom. The number of benzene rings is 2. The number of methoxy groups -OCH3 is 1. The standard InChI is InChI=1S/C19H19ClN2O3S/c1-11-7-16(17(25-2)9-14(11)20)22-18(23)10-15(19(22)24)21-12-5-4-6-13(8-12)26-3/h4-9,15,21H,10H2,1-3H3/t15-/m0/s1. The molecule has 0 spiro atoms. The fourth-order valence-corrected chi connectivity index (χ4v) is 3.51. The van der Waals surface area contributed by atoms with Gasteiger partial charge in [0.25, 0.3) is 5.91 Å². The van der Waals surface area contributed by atoms with Crippen LogP contribution < -0.4 is 15.0 Å². The molecule has 1 atom stereocenters. The number of hydrogen-bond donors (Lipinski definition) is 1. The summed E-state index contributed by atoms with van der Waals surface area (Å²) in [5.41, 5.74) is 2.00. The number of halogens is 1. The van der Waals surface area contributed by atoms with E-state index in [1.165, 1.54) is 12.0 Å². The van der Waals surface area contributed by atoms with Crippen LogP contribution in [0.25, 0.3) is 0 Å². The molecule has 2 aromatic rings. The number of thioether (sulfide) groups is 1. The molecule has 0 saturated carbocycles. The van der Waals surface area contributed by atoms with Gasteiger partial charge in [0, 0.05) is 21.7 Å². The molecule has 0 unspecified atom stereocenters. The summed E-state index contributed by atoms with van der Waals surface area (Å²) in [5.74, 6) is -0.176. The van der Waals surface area contributed by atoms with Crippen molar-refractivity contribution < 1.29 is 14.3 Å². The van der Waals surface area contributed by atoms with E-state index in [2.05, 4.69) is 5.32 Å². The van der Waals surface area contributed by atoms with Crippen molar-refractivity contribution in [2.24, 2.45) is 0 Å². The highest BCUT2D eigenvalue weighted by atomic mass is 35.5. The molecule has 0 aliphatic carbocycles. The first kappa shape index (κ1) is 18.6. The quantitative estimate of drug-likeness (QED) is 0.614. The monoisotopic (exact) mass is 390 g/mol. The molecule has 26 heavy (non-hydrogen) atoms. The van der Waals surface area contributed by atoms with Gasteiger partial charge in [-0.2, -0.15) is 0 Å². The highest BCUT2D eigenvalue weighted by Gasteiger charge is 2.41. The van der Waals surface area contributed by atoms with Crippen LogP contribution in [-0.4, -0.2) is 31.2 Å². The fourth-order valence-electron chi connectivity index (χ4n) is 2.90. The third-order valence-corrected chi connectivity index (χ3v) is 5.39. The van der Waals surface area contributed by atoms with Gasteiger partial charge in [0.1, 0.15) is 11.8 Å². The van der Waals surface area contributed by atoms with Crippen LogP contribution in [0.1, 0.15) is 12.0 Å². The van der Waals surface area contributed by atoms with Gasteiger partial charge in [-0.15, -0.1) is 11.8 Å². The zero-order valence-corrected chi connectivity index (χ0v) is 16.3. The van der Waals surface area contributed by atoms with E-state index in [0.717, 1.165) is 16.1 Å². The number of rotatable bonds is 5. The first-order chi connectivity index (χ1) is 12.4. The summed E-state index contributed by atoms with van der Waals surface area (Å²) in [5, 5.41) is 3.69. The summed E-state index contributed by atoms with van der Waals surface area (Å²) in [7, 11) is 1.49. The summed E-state index contributed by atoms with van der Waals surface area (Å²) in [6.45, 7) is 1.82. The topological polar surface area (TPSA) is 58.6 Å². The fraction of sp³-hybridized carbons (Fsp3) is 0.263. The number of aryl methyl sites for hydroxylation is 1. The highest BCUT2D eigenvalue weighted by Crippen LogP contribution is 2.36. The molecule has 1 aliphatic heterocycles. The Balaban J connectivity index is 1.89. The normalized spacial score (nSPS) is 16.9. The molecule has 2 aromatic carbocycles. The first-order valence-electron chi connectivity index (χ1n) is 8.06. The molecule has 1 N–H and O–H groups in total. The van der Waals surface area contributed by atoms with Crippen LogP contribution >= 0.6 is 23.4 Å². The number of ether oxygens (including phenoxy) is 1. The second-order valence-electron chi connectivity index (χ2n) is 5.97. The maximum atomic E-state index is 12.9. The van der Waals surface area contributed by atoms with E-state index in [0.29, 0.717) is 16.5 Å². The van der Waals surface area contributed by atoms with Crippen molar-refractivity contribution in [3.05, 3.63) is 47.0 Å². The Labute approximate surface area is 161 Å². The maximum Gasteiger partial charge on any atom is 0.256 e. The van der Waals surface area contributed by atoms with Crippen molar-refractivity contribution in [1.29, 1.82) is 0 Å². The molecule has 3 rings (SSSR count). The van der Waals surface area contributed by atoms with Crippen LogP contribution in [0, 0.1) is 6.92 Å². The molecule has 1 heterocycles. The van der Waals surface area contributed by atoms with E-state index in [4.69, 9.17) is 16.3 Å². The van der Waals surface area contributed by atoms with Crippen LogP contribution in [0.5, 0.6) is 5.75 Å². The predicted molar refractivity (Wildman–Crippen MR) is 105 cm³/mol. The third kappa shape index (κ3) is 3.52. The van der Waals surface area contributed by atoms with Gasteiger partial charge in [0.05, 0.1) is 19.2 Å². The van der Waals surface area contributed by atoms with Crippen LogP contribution in [0.2, 0.25) is 5.02 Å². The molecule has 1 saturated heterocycles. The highest BCUT2D eigenvalue weighted by molar-refractivity contribution is 7.98. The van der Waals surface area contributed by atoms with Crippen molar-refractivity contribution >= 4 is 46.6 Å². The third-order valence-electron chi connectivity index (χ3n) is 4.26. The zero-order valence-electron chi connectivity index (χ0n) is 14.7. The summed E-state index contributed by atoms with van der Waals surface area (Å²) >= 11 is 7.74. The van der Waals surface area contributed by atoms with Gasteiger partial charge < -0.3 is 10.1 Å². The zero-order chi connectivity index (χ0) is 18.8. The number of carbonyl (C=O) groups excluding carboxylic acids is 2. The van der Waals surface area contributed by atoms with Crippen LogP contribution in [-0.2, 0) is 9.59 Å². The summed E-state index contributed by atoms with van der Waals surface area (Å²) in [4.78, 5) is 27.7. The van der Waals surface area contributed by atoms with Crippen molar-refractivity contribution in [3.63, 3.8) is 0 Å². The van der Waals surface area contributed by atoms with Gasteiger partial charge in [-0.3, -0.25) is 9.59 Å². The minimum Gasteiger partial charge on any atom is -0.495 e. The number of amides is 2. The van der Waals surface area contributed by atoms with E-state index < -0.39 is 6.04 Å². The first-order valence-corrected chi connectivity index (χ1v) is 9.66. The molecular weight excluding hydrogens is 372 g/mol. The van der Waals surface area contributed by atoms with E-state index in [1.54, 1.807) is 23.9 Å². The molecule has 0 aromatic heterocycles. The summed E-state index contributed by atoms with van der Waals surface area (Å²) in [6.07, 6.45) is 2.08. The smallest absolute Gasteiger partial charge is 0.256 e. The van der Waals surface area contributed by atoms with Gasteiger partial charge in [0.2, 0.25) is 5.91 Å². The number of carbonyl (C=O) groups is 2. The van der Waals surface area contributed by atoms with E-state index >= 15 is 0 Å². The molecule has 5 nitrogen and oxygen atoms in total. The van der Waals surface area contributed by atoms with Gasteiger partial charge in [-0.05, 0) is 43.0 Å². The predicted octanol–water partition coefficient (Wildman–Crippen LogP) is 4.12. The average Bonchev–Trinajstić information content (AvgIpc) is 2.90. The van der Waals surface area contributed by atoms with Crippen LogP contribution in [0.3, 0.4) is 0 Å². The molecule has 2 amide bonds. The lowest BCUT2D eigenvalue weighted by atomic mass is 10.2. The molecule has 1 fully saturated rings. The minimum absolute atomic E-state index is 0.0904.